The van der Waals surface area contributed by atoms with Gasteiger partial charge in [-0.15, -0.1) is 0 Å². The molecule has 266 valence electrons. The summed E-state index contributed by atoms with van der Waals surface area (Å²) in [5.41, 5.74) is 18.5. The number of anilines is 3. The topological polar surface area (TPSA) is 16.4 Å². The summed E-state index contributed by atoms with van der Waals surface area (Å²) in [7, 11) is 0. The molecule has 2 heteroatoms. The molecular formula is C52H47NO. The Balaban J connectivity index is 1.08. The maximum atomic E-state index is 6.80. The van der Waals surface area contributed by atoms with Crippen LogP contribution < -0.4 is 4.90 Å². The predicted molar refractivity (Wildman–Crippen MR) is 223 cm³/mol. The van der Waals surface area contributed by atoms with Crippen LogP contribution >= 0.6 is 0 Å². The van der Waals surface area contributed by atoms with E-state index in [2.05, 4.69) is 154 Å². The molecule has 0 amide bonds. The lowest BCUT2D eigenvalue weighted by Gasteiger charge is -2.61. The molecule has 1 aromatic heterocycles. The standard InChI is InChI=1S/C52H47NO/c1-30(2)38-12-9-13-44-43-21-18-37(29-49(43)54-50(38)44)53(35-16-19-41-39-10-5-7-14-45(39)51(3,4)47(41)27-35)36-17-20-42-40-11-6-8-15-46(40)52(48(42)28-36)33-23-31-22-32(25-33)26-34(52)24-31/h5-21,27-34H,22-26H2,1-4H3. The number of nitrogens with zero attached hydrogens (tertiary/aromatic N) is 1. The molecule has 13 rings (SSSR count). The summed E-state index contributed by atoms with van der Waals surface area (Å²) in [5, 5.41) is 2.38. The van der Waals surface area contributed by atoms with Gasteiger partial charge in [-0.25, -0.2) is 0 Å². The van der Waals surface area contributed by atoms with Crippen LogP contribution in [0.25, 0.3) is 44.2 Å². The SMILES string of the molecule is CC(C)c1cccc2c1oc1cc(N(c3ccc4c(c3)C(C)(C)c3ccccc3-4)c3ccc4c(c3)C3(c5ccccc5-4)C4CC5CC(C4)CC3C5)ccc12. The Morgan fingerprint density at radius 2 is 1.11 bits per heavy atom. The molecule has 0 atom stereocenters. The summed E-state index contributed by atoms with van der Waals surface area (Å²) >= 11 is 0. The number of benzene rings is 6. The summed E-state index contributed by atoms with van der Waals surface area (Å²) in [5.74, 6) is 3.67. The van der Waals surface area contributed by atoms with E-state index in [9.17, 15) is 0 Å². The lowest BCUT2D eigenvalue weighted by molar-refractivity contribution is -0.0399. The van der Waals surface area contributed by atoms with Gasteiger partial charge in [0, 0.05) is 44.7 Å². The Morgan fingerprint density at radius 3 is 1.81 bits per heavy atom. The number of hydrogen-bond donors (Lipinski definition) is 0. The first-order valence-corrected chi connectivity index (χ1v) is 20.5. The minimum Gasteiger partial charge on any atom is -0.456 e. The van der Waals surface area contributed by atoms with Crippen LogP contribution in [-0.2, 0) is 10.8 Å². The Bertz CT molecular complexity index is 2680. The molecule has 0 saturated heterocycles. The lowest BCUT2D eigenvalue weighted by atomic mass is 9.43. The second kappa shape index (κ2) is 10.8. The molecule has 1 heterocycles. The summed E-state index contributed by atoms with van der Waals surface area (Å²) < 4.78 is 6.80. The van der Waals surface area contributed by atoms with Crippen LogP contribution in [0, 0.1) is 23.7 Å². The van der Waals surface area contributed by atoms with Crippen molar-refractivity contribution in [3.05, 3.63) is 149 Å². The highest BCUT2D eigenvalue weighted by Crippen LogP contribution is 2.69. The summed E-state index contributed by atoms with van der Waals surface area (Å²) in [6.45, 7) is 9.29. The van der Waals surface area contributed by atoms with Crippen molar-refractivity contribution in [1.29, 1.82) is 0 Å². The summed E-state index contributed by atoms with van der Waals surface area (Å²) in [4.78, 5) is 2.53. The Morgan fingerprint density at radius 1 is 0.537 bits per heavy atom. The highest BCUT2D eigenvalue weighted by atomic mass is 16.3. The van der Waals surface area contributed by atoms with Gasteiger partial charge in [-0.1, -0.05) is 107 Å². The van der Waals surface area contributed by atoms with E-state index in [1.807, 2.05) is 0 Å². The van der Waals surface area contributed by atoms with Gasteiger partial charge in [-0.2, -0.15) is 0 Å². The van der Waals surface area contributed by atoms with Gasteiger partial charge in [0.05, 0.1) is 0 Å². The summed E-state index contributed by atoms with van der Waals surface area (Å²) in [6, 6.07) is 46.7. The Labute approximate surface area is 318 Å². The average molecular weight is 702 g/mol. The van der Waals surface area contributed by atoms with Crippen LogP contribution in [0.2, 0.25) is 0 Å². The molecule has 54 heavy (non-hydrogen) atoms. The minimum absolute atomic E-state index is 0.0897. The van der Waals surface area contributed by atoms with Gasteiger partial charge in [0.15, 0.2) is 0 Å². The van der Waals surface area contributed by atoms with Gasteiger partial charge in [-0.05, 0) is 148 Å². The molecule has 7 aromatic rings. The van der Waals surface area contributed by atoms with Gasteiger partial charge in [-0.3, -0.25) is 0 Å². The van der Waals surface area contributed by atoms with Crippen molar-refractivity contribution < 1.29 is 4.42 Å². The zero-order valence-corrected chi connectivity index (χ0v) is 31.8. The van der Waals surface area contributed by atoms with Gasteiger partial charge < -0.3 is 9.32 Å². The van der Waals surface area contributed by atoms with Gasteiger partial charge in [0.2, 0.25) is 0 Å². The molecule has 1 spiro atoms. The Kier molecular flexibility index (Phi) is 6.25. The van der Waals surface area contributed by atoms with Crippen LogP contribution in [0.3, 0.4) is 0 Å². The second-order valence-corrected chi connectivity index (χ2v) is 18.3. The fraction of sp³-hybridized carbons (Fsp3) is 0.308. The fourth-order valence-electron chi connectivity index (χ4n) is 13.0. The molecule has 4 saturated carbocycles. The maximum absolute atomic E-state index is 6.80. The first-order valence-electron chi connectivity index (χ1n) is 20.5. The summed E-state index contributed by atoms with van der Waals surface area (Å²) in [6.07, 6.45) is 7.01. The van der Waals surface area contributed by atoms with Crippen LogP contribution in [-0.4, -0.2) is 0 Å². The largest absolute Gasteiger partial charge is 0.456 e. The smallest absolute Gasteiger partial charge is 0.138 e. The monoisotopic (exact) mass is 701 g/mol. The van der Waals surface area contributed by atoms with Gasteiger partial charge in [0.1, 0.15) is 11.2 Å². The molecule has 2 nitrogen and oxygen atoms in total. The number of para-hydroxylation sites is 1. The molecule has 0 N–H and O–H groups in total. The lowest BCUT2D eigenvalue weighted by Crippen LogP contribution is -2.55. The maximum Gasteiger partial charge on any atom is 0.138 e. The molecule has 4 fully saturated rings. The second-order valence-electron chi connectivity index (χ2n) is 18.3. The van der Waals surface area contributed by atoms with Crippen molar-refractivity contribution in [2.24, 2.45) is 23.7 Å². The van der Waals surface area contributed by atoms with Crippen molar-refractivity contribution >= 4 is 39.0 Å². The molecule has 0 radical (unpaired) electrons. The normalized spacial score (nSPS) is 25.1. The Hall–Kier alpha value is -5.08. The molecule has 6 aliphatic rings. The first kappa shape index (κ1) is 31.3. The molecule has 4 bridgehead atoms. The molecular weight excluding hydrogens is 655 g/mol. The molecule has 0 unspecified atom stereocenters. The van der Waals surface area contributed by atoms with E-state index in [1.54, 1.807) is 11.1 Å². The van der Waals surface area contributed by atoms with Gasteiger partial charge >= 0.3 is 0 Å². The van der Waals surface area contributed by atoms with Crippen molar-refractivity contribution in [3.63, 3.8) is 0 Å². The molecule has 0 aliphatic heterocycles. The van der Waals surface area contributed by atoms with Gasteiger partial charge in [0.25, 0.3) is 0 Å². The van der Waals surface area contributed by atoms with Crippen LogP contribution in [0.4, 0.5) is 17.1 Å². The van der Waals surface area contributed by atoms with E-state index in [-0.39, 0.29) is 10.8 Å². The van der Waals surface area contributed by atoms with Crippen molar-refractivity contribution in [3.8, 4) is 22.3 Å². The highest BCUT2D eigenvalue weighted by molar-refractivity contribution is 6.07. The van der Waals surface area contributed by atoms with E-state index in [0.717, 1.165) is 40.5 Å². The molecule has 6 aromatic carbocycles. The number of fused-ring (bicyclic) bond motifs is 9. The van der Waals surface area contributed by atoms with E-state index in [4.69, 9.17) is 4.42 Å². The van der Waals surface area contributed by atoms with Crippen molar-refractivity contribution in [1.82, 2.24) is 0 Å². The van der Waals surface area contributed by atoms with E-state index in [0.29, 0.717) is 5.92 Å². The average Bonchev–Trinajstić information content (AvgIpc) is 3.77. The van der Waals surface area contributed by atoms with Crippen LogP contribution in [0.15, 0.2) is 126 Å². The quantitative estimate of drug-likeness (QED) is 0.182. The van der Waals surface area contributed by atoms with Crippen LogP contribution in [0.1, 0.15) is 93.5 Å². The third kappa shape index (κ3) is 3.97. The van der Waals surface area contributed by atoms with E-state index >= 15 is 0 Å². The number of furan rings is 1. The zero-order valence-electron chi connectivity index (χ0n) is 31.8. The van der Waals surface area contributed by atoms with Crippen LogP contribution in [0.5, 0.6) is 0 Å². The number of hydrogen-bond acceptors (Lipinski definition) is 2. The minimum atomic E-state index is -0.0897. The van der Waals surface area contributed by atoms with E-state index < -0.39 is 0 Å². The first-order chi connectivity index (χ1) is 26.3. The third-order valence-corrected chi connectivity index (χ3v) is 15.0. The third-order valence-electron chi connectivity index (χ3n) is 15.0. The number of rotatable bonds is 4. The van der Waals surface area contributed by atoms with Crippen molar-refractivity contribution in [2.75, 3.05) is 4.90 Å². The fourth-order valence-corrected chi connectivity index (χ4v) is 13.0. The zero-order chi connectivity index (χ0) is 36.1. The molecule has 6 aliphatic carbocycles. The highest BCUT2D eigenvalue weighted by Gasteiger charge is 2.61. The predicted octanol–water partition coefficient (Wildman–Crippen LogP) is 14.2. The van der Waals surface area contributed by atoms with Crippen molar-refractivity contribution in [2.45, 2.75) is 76.5 Å². The van der Waals surface area contributed by atoms with E-state index in [1.165, 1.54) is 93.2 Å².